The first-order chi connectivity index (χ1) is 4.24. The Kier molecular flexibility index (Phi) is 1.18. The number of nitrogens with two attached hydrogens (primary N) is 2. The SMILES string of the molecule is COc1nc(N)oc1N. The topological polar surface area (TPSA) is 87.3 Å². The molecule has 0 aliphatic heterocycles. The monoisotopic (exact) mass is 129 g/mol. The first-order valence-electron chi connectivity index (χ1n) is 2.30. The molecule has 9 heavy (non-hydrogen) atoms. The normalized spacial score (nSPS) is 9.44. The first kappa shape index (κ1) is 5.74. The highest BCUT2D eigenvalue weighted by Gasteiger charge is 2.05. The smallest absolute Gasteiger partial charge is 0.297 e. The van der Waals surface area contributed by atoms with Crippen molar-refractivity contribution in [3.63, 3.8) is 0 Å². The fraction of sp³-hybridized carbons (Fsp3) is 0.250. The number of hydrogen-bond acceptors (Lipinski definition) is 5. The number of hydrogen-bond donors (Lipinski definition) is 2. The molecule has 0 atom stereocenters. The van der Waals surface area contributed by atoms with Gasteiger partial charge in [0.05, 0.1) is 7.11 Å². The van der Waals surface area contributed by atoms with E-state index in [0.29, 0.717) is 0 Å². The molecule has 0 saturated heterocycles. The molecule has 0 unspecified atom stereocenters. The standard InChI is InChI=1S/C4H7N3O2/c1-8-3-2(5)9-4(6)7-3/h5H2,1H3,(H2,6,7). The Morgan fingerprint density at radius 2 is 2.22 bits per heavy atom. The van der Waals surface area contributed by atoms with Gasteiger partial charge in [-0.15, -0.1) is 0 Å². The molecule has 0 aliphatic carbocycles. The van der Waals surface area contributed by atoms with Crippen molar-refractivity contribution < 1.29 is 9.15 Å². The Bertz CT molecular complexity index is 208. The van der Waals surface area contributed by atoms with E-state index in [0.717, 1.165) is 0 Å². The molecule has 1 aromatic rings. The second-order valence-corrected chi connectivity index (χ2v) is 1.43. The van der Waals surface area contributed by atoms with E-state index in [4.69, 9.17) is 11.5 Å². The molecule has 0 aliphatic rings. The van der Waals surface area contributed by atoms with Gasteiger partial charge in [-0.05, 0) is 0 Å². The number of nitrogens with zero attached hydrogens (tertiary/aromatic N) is 1. The maximum atomic E-state index is 5.22. The maximum absolute atomic E-state index is 5.22. The number of rotatable bonds is 1. The van der Waals surface area contributed by atoms with Gasteiger partial charge in [0.15, 0.2) is 0 Å². The van der Waals surface area contributed by atoms with Crippen LogP contribution in [-0.2, 0) is 0 Å². The van der Waals surface area contributed by atoms with Gasteiger partial charge in [-0.1, -0.05) is 0 Å². The van der Waals surface area contributed by atoms with E-state index in [1.165, 1.54) is 7.11 Å². The van der Waals surface area contributed by atoms with Gasteiger partial charge < -0.3 is 20.6 Å². The van der Waals surface area contributed by atoms with Crippen molar-refractivity contribution in [1.82, 2.24) is 4.98 Å². The zero-order valence-corrected chi connectivity index (χ0v) is 4.92. The van der Waals surface area contributed by atoms with Crippen LogP contribution in [-0.4, -0.2) is 12.1 Å². The van der Waals surface area contributed by atoms with Crippen molar-refractivity contribution in [2.24, 2.45) is 0 Å². The Balaban J connectivity index is 3.01. The van der Waals surface area contributed by atoms with E-state index >= 15 is 0 Å². The molecule has 0 amide bonds. The highest BCUT2D eigenvalue weighted by Crippen LogP contribution is 2.21. The second-order valence-electron chi connectivity index (χ2n) is 1.43. The minimum absolute atomic E-state index is 0.0179. The van der Waals surface area contributed by atoms with Gasteiger partial charge in [0.1, 0.15) is 0 Å². The zero-order valence-electron chi connectivity index (χ0n) is 4.92. The van der Waals surface area contributed by atoms with E-state index < -0.39 is 0 Å². The summed E-state index contributed by atoms with van der Waals surface area (Å²) in [5, 5.41) is 0. The van der Waals surface area contributed by atoms with Gasteiger partial charge in [-0.3, -0.25) is 0 Å². The quantitative estimate of drug-likeness (QED) is 0.550. The molecule has 0 radical (unpaired) electrons. The molecule has 0 aromatic carbocycles. The van der Waals surface area contributed by atoms with Gasteiger partial charge in [-0.25, -0.2) is 0 Å². The van der Waals surface area contributed by atoms with Crippen molar-refractivity contribution in [3.05, 3.63) is 0 Å². The molecule has 5 heteroatoms. The van der Waals surface area contributed by atoms with Crippen LogP contribution in [0.2, 0.25) is 0 Å². The molecule has 0 bridgehead atoms. The van der Waals surface area contributed by atoms with Crippen LogP contribution in [0.4, 0.5) is 11.9 Å². The molecule has 50 valence electrons. The number of oxazole rings is 1. The fourth-order valence-corrected chi connectivity index (χ4v) is 0.481. The molecule has 1 rings (SSSR count). The van der Waals surface area contributed by atoms with E-state index in [1.807, 2.05) is 0 Å². The third-order valence-corrected chi connectivity index (χ3v) is 0.830. The lowest BCUT2D eigenvalue weighted by atomic mass is 10.8. The van der Waals surface area contributed by atoms with Crippen molar-refractivity contribution in [3.8, 4) is 5.88 Å². The van der Waals surface area contributed by atoms with Crippen molar-refractivity contribution >= 4 is 11.9 Å². The van der Waals surface area contributed by atoms with Crippen molar-refractivity contribution in [2.45, 2.75) is 0 Å². The molecular weight excluding hydrogens is 122 g/mol. The Hall–Kier alpha value is -1.39. The van der Waals surface area contributed by atoms with Gasteiger partial charge in [-0.2, -0.15) is 4.98 Å². The van der Waals surface area contributed by atoms with E-state index in [1.54, 1.807) is 0 Å². The van der Waals surface area contributed by atoms with Crippen LogP contribution >= 0.6 is 0 Å². The molecule has 0 fully saturated rings. The van der Waals surface area contributed by atoms with Gasteiger partial charge in [0, 0.05) is 0 Å². The second kappa shape index (κ2) is 1.85. The fourth-order valence-electron chi connectivity index (χ4n) is 0.481. The van der Waals surface area contributed by atoms with Gasteiger partial charge in [0.2, 0.25) is 0 Å². The highest BCUT2D eigenvalue weighted by atomic mass is 16.5. The van der Waals surface area contributed by atoms with Crippen LogP contribution in [0.5, 0.6) is 5.88 Å². The summed E-state index contributed by atoms with van der Waals surface area (Å²) < 4.78 is 9.28. The van der Waals surface area contributed by atoms with Crippen molar-refractivity contribution in [2.75, 3.05) is 18.6 Å². The minimum atomic E-state index is 0.0179. The van der Waals surface area contributed by atoms with Crippen LogP contribution < -0.4 is 16.2 Å². The Morgan fingerprint density at radius 1 is 1.56 bits per heavy atom. The summed E-state index contributed by atoms with van der Waals surface area (Å²) in [5.74, 6) is 0.336. The predicted octanol–water partition coefficient (Wildman–Crippen LogP) is -0.152. The molecule has 0 spiro atoms. The summed E-state index contributed by atoms with van der Waals surface area (Å²) in [7, 11) is 1.44. The lowest BCUT2D eigenvalue weighted by Crippen LogP contribution is -1.88. The average molecular weight is 129 g/mol. The van der Waals surface area contributed by atoms with Gasteiger partial charge >= 0.3 is 0 Å². The van der Waals surface area contributed by atoms with E-state index in [-0.39, 0.29) is 17.8 Å². The molecule has 0 saturated carbocycles. The number of methoxy groups -OCH3 is 1. The summed E-state index contributed by atoms with van der Waals surface area (Å²) in [6.45, 7) is 0. The summed E-state index contributed by atoms with van der Waals surface area (Å²) in [6, 6.07) is 0.0179. The van der Waals surface area contributed by atoms with Crippen LogP contribution in [0.3, 0.4) is 0 Å². The lowest BCUT2D eigenvalue weighted by molar-refractivity contribution is 0.399. The largest absolute Gasteiger partial charge is 0.477 e. The summed E-state index contributed by atoms with van der Waals surface area (Å²) >= 11 is 0. The van der Waals surface area contributed by atoms with Gasteiger partial charge in [0.25, 0.3) is 17.8 Å². The van der Waals surface area contributed by atoms with Crippen LogP contribution in [0.1, 0.15) is 0 Å². The average Bonchev–Trinajstić information content (AvgIpc) is 2.10. The van der Waals surface area contributed by atoms with E-state index in [2.05, 4.69) is 14.1 Å². The highest BCUT2D eigenvalue weighted by molar-refractivity contribution is 5.41. The zero-order chi connectivity index (χ0) is 6.85. The number of ether oxygens (including phenoxy) is 1. The van der Waals surface area contributed by atoms with Crippen LogP contribution in [0, 0.1) is 0 Å². The predicted molar refractivity (Wildman–Crippen MR) is 31.9 cm³/mol. The van der Waals surface area contributed by atoms with Crippen molar-refractivity contribution in [1.29, 1.82) is 0 Å². The molecule has 4 N–H and O–H groups in total. The summed E-state index contributed by atoms with van der Waals surface area (Å²) in [6.07, 6.45) is 0. The molecular formula is C4H7N3O2. The number of nitrogen functional groups attached to an aromatic ring is 2. The molecule has 1 aromatic heterocycles. The number of aromatic nitrogens is 1. The van der Waals surface area contributed by atoms with Crippen LogP contribution in [0.25, 0.3) is 0 Å². The lowest BCUT2D eigenvalue weighted by Gasteiger charge is -1.88. The minimum Gasteiger partial charge on any atom is -0.477 e. The third-order valence-electron chi connectivity index (χ3n) is 0.830. The maximum Gasteiger partial charge on any atom is 0.297 e. The molecule has 1 heterocycles. The Labute approximate surface area is 51.6 Å². The van der Waals surface area contributed by atoms with Crippen LogP contribution in [0.15, 0.2) is 4.42 Å². The summed E-state index contributed by atoms with van der Waals surface area (Å²) in [5.41, 5.74) is 10.3. The first-order valence-corrected chi connectivity index (χ1v) is 2.30. The summed E-state index contributed by atoms with van der Waals surface area (Å²) in [4.78, 5) is 3.59. The number of anilines is 2. The third kappa shape index (κ3) is 0.883. The van der Waals surface area contributed by atoms with E-state index in [9.17, 15) is 0 Å². The Morgan fingerprint density at radius 3 is 2.44 bits per heavy atom. The molecule has 5 nitrogen and oxygen atoms in total.